The highest BCUT2D eigenvalue weighted by Crippen LogP contribution is 2.35. The van der Waals surface area contributed by atoms with Crippen LogP contribution in [0.5, 0.6) is 0 Å². The molecule has 2 aromatic heterocycles. The minimum absolute atomic E-state index is 0.0715. The Morgan fingerprint density at radius 2 is 1.77 bits per heavy atom. The van der Waals surface area contributed by atoms with Gasteiger partial charge >= 0.3 is 0 Å². The Hall–Kier alpha value is -3.14. The molecule has 1 amide bonds. The number of hydrogen-bond donors (Lipinski definition) is 0. The number of aryl methyl sites for hydroxylation is 2. The SMILES string of the molecule is Cc1ccc(C)c2sc(N(Cc3cccnc3)C(=O)c3ccc(S(=O)(=O)N(C)C4CC4)cc3)nc12. The Bertz CT molecular complexity index is 1460. The van der Waals surface area contributed by atoms with Gasteiger partial charge in [0.05, 0.1) is 21.7 Å². The molecule has 5 rings (SSSR count). The van der Waals surface area contributed by atoms with Crippen LogP contribution in [0, 0.1) is 13.8 Å². The number of rotatable bonds is 7. The average molecular weight is 507 g/mol. The minimum Gasteiger partial charge on any atom is -0.279 e. The van der Waals surface area contributed by atoms with Gasteiger partial charge in [0.25, 0.3) is 5.91 Å². The molecular formula is C26H26N4O3S2. The lowest BCUT2D eigenvalue weighted by Crippen LogP contribution is -2.31. The van der Waals surface area contributed by atoms with E-state index in [4.69, 9.17) is 4.98 Å². The van der Waals surface area contributed by atoms with Gasteiger partial charge in [0.1, 0.15) is 0 Å². The van der Waals surface area contributed by atoms with Crippen molar-refractivity contribution in [1.82, 2.24) is 14.3 Å². The van der Waals surface area contributed by atoms with Gasteiger partial charge in [0.2, 0.25) is 10.0 Å². The summed E-state index contributed by atoms with van der Waals surface area (Å²) in [6, 6.07) is 14.1. The fourth-order valence-corrected chi connectivity index (χ4v) is 6.52. The lowest BCUT2D eigenvalue weighted by molar-refractivity contribution is 0.0985. The quantitative estimate of drug-likeness (QED) is 0.355. The van der Waals surface area contributed by atoms with Gasteiger partial charge in [-0.05, 0) is 73.7 Å². The van der Waals surface area contributed by atoms with Crippen molar-refractivity contribution < 1.29 is 13.2 Å². The molecule has 0 unspecified atom stereocenters. The number of fused-ring (bicyclic) bond motifs is 1. The molecule has 2 heterocycles. The normalized spacial score (nSPS) is 13.9. The molecule has 35 heavy (non-hydrogen) atoms. The number of anilines is 1. The van der Waals surface area contributed by atoms with Crippen molar-refractivity contribution in [3.05, 3.63) is 83.2 Å². The Kier molecular flexibility index (Phi) is 6.16. The third kappa shape index (κ3) is 4.59. The summed E-state index contributed by atoms with van der Waals surface area (Å²) in [4.78, 5) is 24.6. The highest BCUT2D eigenvalue weighted by atomic mass is 32.2. The van der Waals surface area contributed by atoms with E-state index in [1.807, 2.05) is 32.0 Å². The third-order valence-electron chi connectivity index (χ3n) is 6.31. The second kappa shape index (κ2) is 9.14. The topological polar surface area (TPSA) is 83.5 Å². The molecule has 0 spiro atoms. The number of aromatic nitrogens is 2. The van der Waals surface area contributed by atoms with Gasteiger partial charge in [-0.3, -0.25) is 14.7 Å². The van der Waals surface area contributed by atoms with Crippen LogP contribution < -0.4 is 4.90 Å². The lowest BCUT2D eigenvalue weighted by atomic mass is 10.1. The van der Waals surface area contributed by atoms with E-state index >= 15 is 0 Å². The van der Waals surface area contributed by atoms with E-state index in [9.17, 15) is 13.2 Å². The van der Waals surface area contributed by atoms with Crippen molar-refractivity contribution in [2.75, 3.05) is 11.9 Å². The second-order valence-electron chi connectivity index (χ2n) is 8.90. The summed E-state index contributed by atoms with van der Waals surface area (Å²) in [7, 11) is -1.97. The minimum atomic E-state index is -3.58. The number of hydrogen-bond acceptors (Lipinski definition) is 6. The molecule has 0 atom stereocenters. The van der Waals surface area contributed by atoms with Gasteiger partial charge in [0.15, 0.2) is 5.13 Å². The summed E-state index contributed by atoms with van der Waals surface area (Å²) in [5.74, 6) is -0.247. The Labute approximate surface area is 209 Å². The molecule has 1 saturated carbocycles. The standard InChI is InChI=1S/C26H26N4O3S2/c1-17-6-7-18(2)24-23(17)28-26(34-24)30(16-19-5-4-14-27-15-19)25(31)20-8-12-22(13-9-20)35(32,33)29(3)21-10-11-21/h4-9,12-15,21H,10-11,16H2,1-3H3. The van der Waals surface area contributed by atoms with Gasteiger partial charge in [-0.2, -0.15) is 4.31 Å². The predicted molar refractivity (Wildman–Crippen MR) is 138 cm³/mol. The lowest BCUT2D eigenvalue weighted by Gasteiger charge is -2.20. The fourth-order valence-electron chi connectivity index (χ4n) is 3.99. The number of pyridine rings is 1. The van der Waals surface area contributed by atoms with Crippen LogP contribution in [0.15, 0.2) is 65.8 Å². The molecule has 180 valence electrons. The Balaban J connectivity index is 1.51. The first-order valence-electron chi connectivity index (χ1n) is 11.4. The molecule has 2 aromatic carbocycles. The zero-order chi connectivity index (χ0) is 24.7. The van der Waals surface area contributed by atoms with Crippen LogP contribution >= 0.6 is 11.3 Å². The fraction of sp³-hybridized carbons (Fsp3) is 0.269. The molecule has 4 aromatic rings. The maximum Gasteiger partial charge on any atom is 0.260 e. The second-order valence-corrected chi connectivity index (χ2v) is 11.9. The van der Waals surface area contributed by atoms with Crippen molar-refractivity contribution in [2.45, 2.75) is 44.2 Å². The van der Waals surface area contributed by atoms with Crippen LogP contribution in [0.4, 0.5) is 5.13 Å². The summed E-state index contributed by atoms with van der Waals surface area (Å²) in [6.45, 7) is 4.35. The number of benzene rings is 2. The zero-order valence-electron chi connectivity index (χ0n) is 19.8. The number of carbonyl (C=O) groups excluding carboxylic acids is 1. The highest BCUT2D eigenvalue weighted by Gasteiger charge is 2.35. The van der Waals surface area contributed by atoms with E-state index in [1.54, 1.807) is 36.5 Å². The monoisotopic (exact) mass is 506 g/mol. The van der Waals surface area contributed by atoms with Crippen LogP contribution in [0.25, 0.3) is 10.2 Å². The van der Waals surface area contributed by atoms with Crippen LogP contribution in [-0.2, 0) is 16.6 Å². The highest BCUT2D eigenvalue weighted by molar-refractivity contribution is 7.89. The molecular weight excluding hydrogens is 480 g/mol. The van der Waals surface area contributed by atoms with Crippen LogP contribution in [0.2, 0.25) is 0 Å². The van der Waals surface area contributed by atoms with Crippen LogP contribution in [-0.4, -0.2) is 41.7 Å². The van der Waals surface area contributed by atoms with Crippen LogP contribution in [0.1, 0.15) is 39.9 Å². The molecule has 9 heteroatoms. The van der Waals surface area contributed by atoms with Gasteiger partial charge in [-0.25, -0.2) is 13.4 Å². The number of sulfonamides is 1. The summed E-state index contributed by atoms with van der Waals surface area (Å²) in [5, 5.41) is 0.594. The first-order chi connectivity index (χ1) is 16.8. The molecule has 0 bridgehead atoms. The third-order valence-corrected chi connectivity index (χ3v) is 9.45. The molecule has 0 radical (unpaired) electrons. The van der Waals surface area contributed by atoms with Crippen molar-refractivity contribution in [3.63, 3.8) is 0 Å². The van der Waals surface area contributed by atoms with Gasteiger partial charge < -0.3 is 0 Å². The van der Waals surface area contributed by atoms with Crippen molar-refractivity contribution >= 4 is 42.6 Å². The van der Waals surface area contributed by atoms with Crippen molar-refractivity contribution in [2.24, 2.45) is 0 Å². The maximum atomic E-state index is 13.7. The largest absolute Gasteiger partial charge is 0.279 e. The smallest absolute Gasteiger partial charge is 0.260 e. The number of carbonyl (C=O) groups is 1. The van der Waals surface area contributed by atoms with E-state index in [2.05, 4.69) is 11.1 Å². The molecule has 1 aliphatic carbocycles. The van der Waals surface area contributed by atoms with E-state index in [0.717, 1.165) is 39.7 Å². The van der Waals surface area contributed by atoms with E-state index in [0.29, 0.717) is 17.2 Å². The molecule has 0 N–H and O–H groups in total. The van der Waals surface area contributed by atoms with Crippen LogP contribution in [0.3, 0.4) is 0 Å². The predicted octanol–water partition coefficient (Wildman–Crippen LogP) is 4.94. The zero-order valence-corrected chi connectivity index (χ0v) is 21.4. The van der Waals surface area contributed by atoms with Gasteiger partial charge in [0, 0.05) is 31.0 Å². The average Bonchev–Trinajstić information content (AvgIpc) is 3.62. The first kappa shape index (κ1) is 23.6. The Morgan fingerprint density at radius 1 is 1.06 bits per heavy atom. The Morgan fingerprint density at radius 3 is 2.40 bits per heavy atom. The molecule has 7 nitrogen and oxygen atoms in total. The first-order valence-corrected chi connectivity index (χ1v) is 13.7. The number of amides is 1. The maximum absolute atomic E-state index is 13.7. The summed E-state index contributed by atoms with van der Waals surface area (Å²) >= 11 is 1.48. The van der Waals surface area contributed by atoms with Crippen molar-refractivity contribution in [1.29, 1.82) is 0 Å². The van der Waals surface area contributed by atoms with E-state index in [-0.39, 0.29) is 16.8 Å². The van der Waals surface area contributed by atoms with E-state index in [1.165, 1.54) is 27.8 Å². The van der Waals surface area contributed by atoms with Crippen molar-refractivity contribution in [3.8, 4) is 0 Å². The summed E-state index contributed by atoms with van der Waals surface area (Å²) in [5.41, 5.74) is 4.32. The number of nitrogens with zero attached hydrogens (tertiary/aromatic N) is 4. The van der Waals surface area contributed by atoms with Gasteiger partial charge in [-0.15, -0.1) is 0 Å². The molecule has 0 aliphatic heterocycles. The van der Waals surface area contributed by atoms with E-state index < -0.39 is 10.0 Å². The number of thiazole rings is 1. The molecule has 1 fully saturated rings. The van der Waals surface area contributed by atoms with Gasteiger partial charge in [-0.1, -0.05) is 29.5 Å². The molecule has 1 aliphatic rings. The summed E-state index contributed by atoms with van der Waals surface area (Å²) < 4.78 is 28.2. The summed E-state index contributed by atoms with van der Waals surface area (Å²) in [6.07, 6.45) is 5.19. The molecule has 0 saturated heterocycles.